The van der Waals surface area contributed by atoms with E-state index in [4.69, 9.17) is 4.74 Å². The van der Waals surface area contributed by atoms with Gasteiger partial charge >= 0.3 is 30.9 Å². The first-order valence-corrected chi connectivity index (χ1v) is 19.3. The second kappa shape index (κ2) is 14.6. The third-order valence-corrected chi connectivity index (χ3v) is 16.2. The molecule has 4 aliphatic carbocycles. The minimum Gasteiger partial charge on any atom is -0.368 e. The Labute approximate surface area is 324 Å². The fourth-order valence-electron chi connectivity index (χ4n) is 11.3. The predicted molar refractivity (Wildman–Crippen MR) is 172 cm³/mol. The van der Waals surface area contributed by atoms with E-state index in [0.717, 1.165) is 6.42 Å². The van der Waals surface area contributed by atoms with E-state index in [2.05, 4.69) is 6.92 Å². The lowest BCUT2D eigenvalue weighted by atomic mass is 9.66. The summed E-state index contributed by atoms with van der Waals surface area (Å²) < 4.78 is 256. The molecule has 6 aliphatic rings. The van der Waals surface area contributed by atoms with Gasteiger partial charge in [0.2, 0.25) is 0 Å². The summed E-state index contributed by atoms with van der Waals surface area (Å²) in [5, 5.41) is 0. The smallest absolute Gasteiger partial charge is 0.368 e. The van der Waals surface area contributed by atoms with E-state index in [1.807, 2.05) is 6.92 Å². The predicted octanol–water partition coefficient (Wildman–Crippen LogP) is 14.4. The first-order valence-electron chi connectivity index (χ1n) is 19.3. The fraction of sp³-hybridized carbons (Fsp3) is 1.00. The molecule has 0 aromatic carbocycles. The summed E-state index contributed by atoms with van der Waals surface area (Å²) in [6.07, 6.45) is -31.7. The zero-order valence-electron chi connectivity index (χ0n) is 33.2. The lowest BCUT2D eigenvalue weighted by Gasteiger charge is -2.43. The van der Waals surface area contributed by atoms with Crippen molar-refractivity contribution in [1.82, 2.24) is 0 Å². The van der Waals surface area contributed by atoms with E-state index in [-0.39, 0.29) is 43.9 Å². The van der Waals surface area contributed by atoms with Crippen LogP contribution in [0.4, 0.5) is 83.4 Å². The number of hydrogen-bond acceptors (Lipinski definition) is 1. The molecule has 0 N–H and O–H groups in total. The van der Waals surface area contributed by atoms with Gasteiger partial charge in [-0.15, -0.1) is 0 Å². The van der Waals surface area contributed by atoms with Crippen molar-refractivity contribution in [2.24, 2.45) is 87.3 Å². The SMILES string of the molecule is CC1C(C)C2CC1C(CC(C)(C(F)(F)F)C(F)(F)F)C2(F)F.CC1C(C)C2OC1C(CC(C)(C(F)(F)F)C(F)(F)F)C2(F)F.CC1C2CC(C1C)C(C)(C(F)(F)F)C2. The van der Waals surface area contributed by atoms with Gasteiger partial charge in [0.1, 0.15) is 6.10 Å². The Morgan fingerprint density at radius 3 is 1.26 bits per heavy atom. The molecule has 2 saturated heterocycles. The molecule has 0 radical (unpaired) electrons. The molecule has 15 atom stereocenters. The van der Waals surface area contributed by atoms with Crippen molar-refractivity contribution < 1.29 is 88.2 Å². The zero-order chi connectivity index (χ0) is 45.3. The minimum absolute atomic E-state index is 0.00575. The van der Waals surface area contributed by atoms with Crippen molar-refractivity contribution in [2.75, 3.05) is 0 Å². The third-order valence-electron chi connectivity index (χ3n) is 16.2. The molecular formula is C38H51F19O. The molecule has 6 rings (SSSR count). The van der Waals surface area contributed by atoms with Crippen LogP contribution < -0.4 is 0 Å². The number of rotatable bonds is 4. The Balaban J connectivity index is 0.000000197. The molecule has 6 bridgehead atoms. The van der Waals surface area contributed by atoms with Gasteiger partial charge in [-0.2, -0.15) is 65.9 Å². The zero-order valence-corrected chi connectivity index (χ0v) is 33.2. The number of ether oxygens (including phenoxy) is 1. The Bertz CT molecular complexity index is 1350. The average Bonchev–Trinajstić information content (AvgIpc) is 3.82. The van der Waals surface area contributed by atoms with E-state index in [0.29, 0.717) is 18.3 Å². The Kier molecular flexibility index (Phi) is 12.4. The molecule has 2 heterocycles. The van der Waals surface area contributed by atoms with Crippen molar-refractivity contribution in [3.05, 3.63) is 0 Å². The van der Waals surface area contributed by atoms with Gasteiger partial charge in [0, 0.05) is 11.8 Å². The molecule has 1 nitrogen and oxygen atoms in total. The van der Waals surface area contributed by atoms with Crippen molar-refractivity contribution in [2.45, 2.75) is 149 Å². The van der Waals surface area contributed by atoms with Gasteiger partial charge in [-0.1, -0.05) is 48.5 Å². The van der Waals surface area contributed by atoms with Gasteiger partial charge in [0.25, 0.3) is 11.8 Å². The maximum absolute atomic E-state index is 14.3. The molecule has 0 amide bonds. The summed E-state index contributed by atoms with van der Waals surface area (Å²) in [6.45, 7) is 11.6. The van der Waals surface area contributed by atoms with E-state index in [1.165, 1.54) is 20.8 Å². The van der Waals surface area contributed by atoms with Crippen LogP contribution in [0.15, 0.2) is 0 Å². The van der Waals surface area contributed by atoms with Crippen LogP contribution in [0.2, 0.25) is 0 Å². The highest BCUT2D eigenvalue weighted by molar-refractivity contribution is 5.12. The first-order chi connectivity index (χ1) is 25.6. The maximum Gasteiger partial charge on any atom is 0.402 e. The van der Waals surface area contributed by atoms with Crippen LogP contribution in [-0.2, 0) is 4.74 Å². The average molecular weight is 885 g/mol. The van der Waals surface area contributed by atoms with Gasteiger partial charge in [0.15, 0.2) is 10.8 Å². The van der Waals surface area contributed by atoms with Crippen molar-refractivity contribution in [3.63, 3.8) is 0 Å². The van der Waals surface area contributed by atoms with Crippen LogP contribution in [-0.4, -0.2) is 54.9 Å². The van der Waals surface area contributed by atoms with Crippen molar-refractivity contribution in [1.29, 1.82) is 0 Å². The second-order valence-electron chi connectivity index (χ2n) is 19.0. The van der Waals surface area contributed by atoms with Gasteiger partial charge in [0.05, 0.1) is 17.4 Å². The summed E-state index contributed by atoms with van der Waals surface area (Å²) >= 11 is 0. The molecular weight excluding hydrogens is 833 g/mol. The van der Waals surface area contributed by atoms with Gasteiger partial charge < -0.3 is 4.74 Å². The molecule has 4 saturated carbocycles. The molecule has 20 heteroatoms. The largest absolute Gasteiger partial charge is 0.402 e. The van der Waals surface area contributed by atoms with Gasteiger partial charge in [-0.05, 0) is 99.2 Å². The maximum atomic E-state index is 14.3. The first kappa shape index (κ1) is 49.3. The van der Waals surface area contributed by atoms with Gasteiger partial charge in [-0.25, -0.2) is 17.6 Å². The molecule has 0 spiro atoms. The lowest BCUT2D eigenvalue weighted by Crippen LogP contribution is -2.54. The summed E-state index contributed by atoms with van der Waals surface area (Å²) in [5.74, 6) is -14.0. The molecule has 342 valence electrons. The molecule has 58 heavy (non-hydrogen) atoms. The van der Waals surface area contributed by atoms with Crippen LogP contribution >= 0.6 is 0 Å². The molecule has 6 fully saturated rings. The molecule has 2 aliphatic heterocycles. The van der Waals surface area contributed by atoms with Crippen molar-refractivity contribution >= 4 is 0 Å². The van der Waals surface area contributed by atoms with E-state index >= 15 is 0 Å². The Morgan fingerprint density at radius 1 is 0.500 bits per heavy atom. The van der Waals surface area contributed by atoms with Gasteiger partial charge in [-0.3, -0.25) is 0 Å². The molecule has 0 aromatic rings. The van der Waals surface area contributed by atoms with Crippen LogP contribution in [0.3, 0.4) is 0 Å². The third kappa shape index (κ3) is 7.51. The van der Waals surface area contributed by atoms with E-state index in [1.54, 1.807) is 13.8 Å². The van der Waals surface area contributed by atoms with Crippen LogP contribution in [0.25, 0.3) is 0 Å². The van der Waals surface area contributed by atoms with Crippen LogP contribution in [0.5, 0.6) is 0 Å². The number of fused-ring (bicyclic) bond motifs is 6. The van der Waals surface area contributed by atoms with Crippen molar-refractivity contribution in [3.8, 4) is 0 Å². The Hall–Kier alpha value is -1.37. The lowest BCUT2D eigenvalue weighted by molar-refractivity contribution is -0.345. The minimum atomic E-state index is -5.67. The number of hydrogen-bond donors (Lipinski definition) is 0. The fourth-order valence-corrected chi connectivity index (χ4v) is 11.3. The van der Waals surface area contributed by atoms with E-state index in [9.17, 15) is 83.4 Å². The van der Waals surface area contributed by atoms with Crippen LogP contribution in [0, 0.1) is 87.3 Å². The molecule has 0 aromatic heterocycles. The quantitative estimate of drug-likeness (QED) is 0.256. The van der Waals surface area contributed by atoms with Crippen LogP contribution in [0.1, 0.15) is 94.4 Å². The molecule has 15 unspecified atom stereocenters. The highest BCUT2D eigenvalue weighted by atomic mass is 19.4. The Morgan fingerprint density at radius 2 is 0.914 bits per heavy atom. The summed E-state index contributed by atoms with van der Waals surface area (Å²) in [7, 11) is 0. The monoisotopic (exact) mass is 884 g/mol. The summed E-state index contributed by atoms with van der Waals surface area (Å²) in [4.78, 5) is 0. The number of alkyl halides is 19. The standard InChI is InChI=1S/C14H18F8.C13H16F8O.C11H17F3/c1-6-7(2)9-4-8(6)10(12(9,15)16)5-11(3,13(17,18)19)14(20,21)22;1-5-6(2)9-11(14,15)7(8(5)22-9)4-10(3,12(16,17)18)13(19,20)21;1-6-7(2)9-4-8(6)5-10(9,3)11(12,13)14/h6-10H,4-5H2,1-3H3;5-9H,4H2,1-3H3;6-9H,4-5H2,1-3H3. The van der Waals surface area contributed by atoms with E-state index < -0.39 is 120 Å². The number of halogens is 19. The summed E-state index contributed by atoms with van der Waals surface area (Å²) in [6, 6.07) is 0. The highest BCUT2D eigenvalue weighted by Crippen LogP contribution is 2.68. The summed E-state index contributed by atoms with van der Waals surface area (Å²) in [5.41, 5.74) is -9.70. The highest BCUT2D eigenvalue weighted by Gasteiger charge is 2.75. The normalized spacial score (nSPS) is 42.0. The second-order valence-corrected chi connectivity index (χ2v) is 19.0. The topological polar surface area (TPSA) is 9.23 Å².